The lowest BCUT2D eigenvalue weighted by atomic mass is 9.76. The maximum Gasteiger partial charge on any atom is 0.127 e. The molecule has 2 aromatic carbocycles. The zero-order chi connectivity index (χ0) is 27.6. The van der Waals surface area contributed by atoms with Crippen LogP contribution in [-0.4, -0.2) is 33.0 Å². The molecular formula is C35H38N6. The van der Waals surface area contributed by atoms with Gasteiger partial charge < -0.3 is 20.6 Å². The van der Waals surface area contributed by atoms with E-state index in [1.54, 1.807) is 5.56 Å². The lowest BCUT2D eigenvalue weighted by Gasteiger charge is -2.28. The van der Waals surface area contributed by atoms with Crippen LogP contribution >= 0.6 is 0 Å². The summed E-state index contributed by atoms with van der Waals surface area (Å²) >= 11 is 0. The number of hydrogen-bond acceptors (Lipinski definition) is 4. The fraction of sp³-hybridized carbons (Fsp3) is 0.371. The molecule has 4 heterocycles. The fourth-order valence-electron chi connectivity index (χ4n) is 7.85. The summed E-state index contributed by atoms with van der Waals surface area (Å²) in [5.41, 5.74) is 13.6. The summed E-state index contributed by atoms with van der Waals surface area (Å²) in [5, 5.41) is 7.05. The number of nitrogens with one attached hydrogen (secondary N) is 4. The minimum atomic E-state index is 0.174. The maximum absolute atomic E-state index is 4.80. The summed E-state index contributed by atoms with van der Waals surface area (Å²) in [6.45, 7) is 6.19. The van der Waals surface area contributed by atoms with Gasteiger partial charge in [-0.15, -0.1) is 0 Å². The van der Waals surface area contributed by atoms with E-state index >= 15 is 0 Å². The van der Waals surface area contributed by atoms with Gasteiger partial charge in [0.15, 0.2) is 0 Å². The van der Waals surface area contributed by atoms with Crippen molar-refractivity contribution < 1.29 is 0 Å². The largest absolute Gasteiger partial charge is 0.340 e. The van der Waals surface area contributed by atoms with Crippen molar-refractivity contribution in [2.45, 2.75) is 69.9 Å². The van der Waals surface area contributed by atoms with Crippen molar-refractivity contribution in [2.75, 3.05) is 13.1 Å². The monoisotopic (exact) mass is 542 g/mol. The summed E-state index contributed by atoms with van der Waals surface area (Å²) < 4.78 is 0. The molecule has 208 valence electrons. The molecule has 4 aromatic rings. The average molecular weight is 543 g/mol. The van der Waals surface area contributed by atoms with Crippen molar-refractivity contribution in [1.82, 2.24) is 30.6 Å². The van der Waals surface area contributed by atoms with Crippen LogP contribution in [0.5, 0.6) is 0 Å². The lowest BCUT2D eigenvalue weighted by molar-refractivity contribution is 0.440. The molecule has 2 aliphatic heterocycles. The van der Waals surface area contributed by atoms with Gasteiger partial charge in [0.25, 0.3) is 0 Å². The lowest BCUT2D eigenvalue weighted by Crippen LogP contribution is -2.19. The average Bonchev–Trinajstić information content (AvgIpc) is 3.83. The number of H-pyrrole nitrogens is 2. The first kappa shape index (κ1) is 25.0. The number of benzene rings is 2. The first-order valence-corrected chi connectivity index (χ1v) is 15.3. The molecule has 0 radical (unpaired) electrons. The Labute approximate surface area is 241 Å². The predicted molar refractivity (Wildman–Crippen MR) is 165 cm³/mol. The van der Waals surface area contributed by atoms with E-state index in [2.05, 4.69) is 88.0 Å². The van der Waals surface area contributed by atoms with Crippen LogP contribution in [0, 0.1) is 0 Å². The highest BCUT2D eigenvalue weighted by Crippen LogP contribution is 2.55. The van der Waals surface area contributed by atoms with Gasteiger partial charge in [-0.2, -0.15) is 0 Å². The number of hydrogen-bond donors (Lipinski definition) is 4. The highest BCUT2D eigenvalue weighted by molar-refractivity contribution is 5.80. The molecule has 1 unspecified atom stereocenters. The van der Waals surface area contributed by atoms with Gasteiger partial charge >= 0.3 is 0 Å². The second-order valence-corrected chi connectivity index (χ2v) is 12.7. The molecule has 2 aromatic heterocycles. The van der Waals surface area contributed by atoms with Crippen LogP contribution in [0.1, 0.15) is 80.8 Å². The first-order valence-electron chi connectivity index (χ1n) is 15.3. The van der Waals surface area contributed by atoms with Gasteiger partial charge in [0.05, 0.1) is 35.9 Å². The second kappa shape index (κ2) is 9.68. The van der Waals surface area contributed by atoms with Gasteiger partial charge in [-0.3, -0.25) is 0 Å². The standard InChI is InChI=1S/C35H38N6/c1-21-15-28(36-17-21)33-38-19-30(40-33)24-7-5-23(6-8-24)25-9-10-26(27-11-14-35(32(25)27)12-3-4-13-35)31-20-39-34(41-31)29-16-22(2)18-37-29/h5-10,15-16,19-20,28-29,36-37H,3-4,11-14,17-18H2,1-2H3,(H,38,40)(H,39,41)/t28-,29?/m0/s1. The molecule has 41 heavy (non-hydrogen) atoms. The van der Waals surface area contributed by atoms with Gasteiger partial charge in [0, 0.05) is 18.7 Å². The molecule has 0 amide bonds. The molecule has 1 spiro atoms. The van der Waals surface area contributed by atoms with Crippen LogP contribution in [0.4, 0.5) is 0 Å². The van der Waals surface area contributed by atoms with Crippen LogP contribution in [0.25, 0.3) is 33.6 Å². The van der Waals surface area contributed by atoms with Crippen LogP contribution in [0.2, 0.25) is 0 Å². The summed E-state index contributed by atoms with van der Waals surface area (Å²) in [6.07, 6.45) is 16.2. The Bertz CT molecular complexity index is 1680. The molecule has 2 atom stereocenters. The molecular weight excluding hydrogens is 504 g/mol. The van der Waals surface area contributed by atoms with Crippen molar-refractivity contribution in [3.63, 3.8) is 0 Å². The Balaban J connectivity index is 1.14. The molecule has 6 heteroatoms. The van der Waals surface area contributed by atoms with E-state index in [1.807, 2.05) is 12.4 Å². The summed E-state index contributed by atoms with van der Waals surface area (Å²) in [4.78, 5) is 16.7. The topological polar surface area (TPSA) is 81.4 Å². The molecule has 4 aliphatic rings. The number of rotatable bonds is 5. The van der Waals surface area contributed by atoms with E-state index in [-0.39, 0.29) is 12.1 Å². The predicted octanol–water partition coefficient (Wildman–Crippen LogP) is 7.07. The molecule has 6 nitrogen and oxygen atoms in total. The third kappa shape index (κ3) is 4.23. The zero-order valence-corrected chi connectivity index (χ0v) is 24.0. The smallest absolute Gasteiger partial charge is 0.127 e. The highest BCUT2D eigenvalue weighted by Gasteiger charge is 2.43. The van der Waals surface area contributed by atoms with E-state index in [0.29, 0.717) is 5.41 Å². The van der Waals surface area contributed by atoms with Gasteiger partial charge in [0.2, 0.25) is 0 Å². The van der Waals surface area contributed by atoms with E-state index in [0.717, 1.165) is 42.5 Å². The van der Waals surface area contributed by atoms with Crippen LogP contribution in [-0.2, 0) is 11.8 Å². The Hall–Kier alpha value is -3.74. The Kier molecular flexibility index (Phi) is 5.90. The summed E-state index contributed by atoms with van der Waals surface area (Å²) in [6, 6.07) is 14.2. The van der Waals surface area contributed by atoms with Gasteiger partial charge in [-0.1, -0.05) is 72.5 Å². The molecule has 1 fully saturated rings. The third-order valence-corrected chi connectivity index (χ3v) is 9.94. The molecule has 0 saturated heterocycles. The van der Waals surface area contributed by atoms with E-state index in [1.165, 1.54) is 71.1 Å². The third-order valence-electron chi connectivity index (χ3n) is 9.94. The Morgan fingerprint density at radius 1 is 0.683 bits per heavy atom. The summed E-state index contributed by atoms with van der Waals surface area (Å²) in [7, 11) is 0. The second-order valence-electron chi connectivity index (χ2n) is 12.7. The number of nitrogens with zero attached hydrogens (tertiary/aromatic N) is 2. The van der Waals surface area contributed by atoms with E-state index in [4.69, 9.17) is 4.98 Å². The maximum atomic E-state index is 4.80. The Morgan fingerprint density at radius 3 is 1.90 bits per heavy atom. The Morgan fingerprint density at radius 2 is 1.27 bits per heavy atom. The van der Waals surface area contributed by atoms with Crippen LogP contribution in [0.3, 0.4) is 0 Å². The number of imidazole rings is 2. The summed E-state index contributed by atoms with van der Waals surface area (Å²) in [5.74, 6) is 1.99. The quantitative estimate of drug-likeness (QED) is 0.203. The molecule has 8 rings (SSSR count). The van der Waals surface area contributed by atoms with Gasteiger partial charge in [-0.05, 0) is 72.8 Å². The van der Waals surface area contributed by atoms with Crippen molar-refractivity contribution in [1.29, 1.82) is 0 Å². The van der Waals surface area contributed by atoms with Crippen LogP contribution in [0.15, 0.2) is 72.1 Å². The highest BCUT2D eigenvalue weighted by atomic mass is 15.0. The number of aromatic amines is 2. The van der Waals surface area contributed by atoms with Crippen molar-refractivity contribution in [2.24, 2.45) is 0 Å². The minimum absolute atomic E-state index is 0.174. The van der Waals surface area contributed by atoms with E-state index in [9.17, 15) is 0 Å². The normalized spacial score (nSPS) is 22.9. The molecule has 1 saturated carbocycles. The number of aromatic nitrogens is 4. The zero-order valence-electron chi connectivity index (χ0n) is 24.0. The molecule has 0 bridgehead atoms. The minimum Gasteiger partial charge on any atom is -0.340 e. The van der Waals surface area contributed by atoms with Crippen molar-refractivity contribution in [3.8, 4) is 33.6 Å². The fourth-order valence-corrected chi connectivity index (χ4v) is 7.85. The number of fused-ring (bicyclic) bond motifs is 2. The van der Waals surface area contributed by atoms with Crippen molar-refractivity contribution in [3.05, 3.63) is 94.9 Å². The van der Waals surface area contributed by atoms with Gasteiger partial charge in [-0.25, -0.2) is 9.97 Å². The first-order chi connectivity index (χ1) is 20.1. The molecule has 4 N–H and O–H groups in total. The van der Waals surface area contributed by atoms with E-state index < -0.39 is 0 Å². The van der Waals surface area contributed by atoms with Crippen molar-refractivity contribution >= 4 is 0 Å². The SMILES string of the molecule is CC1=CC(c2ncc(-c3ccc(-c4ccc(-c5cnc([C@@H]6C=C(C)CN6)[nH]5)cc4)c4c3CCC43CCCC3)[nH]2)NC1. The molecule has 2 aliphatic carbocycles. The van der Waals surface area contributed by atoms with Crippen LogP contribution < -0.4 is 10.6 Å². The van der Waals surface area contributed by atoms with Gasteiger partial charge in [0.1, 0.15) is 11.6 Å².